The summed E-state index contributed by atoms with van der Waals surface area (Å²) < 4.78 is 7.79. The molecule has 1 aromatic heterocycles. The summed E-state index contributed by atoms with van der Waals surface area (Å²) in [6, 6.07) is 15.1. The Morgan fingerprint density at radius 2 is 2.08 bits per heavy atom. The Morgan fingerprint density at radius 1 is 1.15 bits per heavy atom. The van der Waals surface area contributed by atoms with Crippen LogP contribution in [0.3, 0.4) is 0 Å². The molecule has 0 aliphatic carbocycles. The van der Waals surface area contributed by atoms with Crippen molar-refractivity contribution < 1.29 is 9.84 Å². The van der Waals surface area contributed by atoms with Crippen LogP contribution in [0.25, 0.3) is 28.1 Å². The molecular formula is C22H24N2O2. The summed E-state index contributed by atoms with van der Waals surface area (Å²) in [7, 11) is 1.67. The second-order valence-electron chi connectivity index (χ2n) is 6.60. The van der Waals surface area contributed by atoms with Crippen LogP contribution in [0, 0.1) is 0 Å². The summed E-state index contributed by atoms with van der Waals surface area (Å²) >= 11 is 0. The van der Waals surface area contributed by atoms with Crippen molar-refractivity contribution in [1.82, 2.24) is 9.88 Å². The maximum absolute atomic E-state index is 9.15. The van der Waals surface area contributed by atoms with Crippen LogP contribution in [0.1, 0.15) is 11.3 Å². The molecule has 0 amide bonds. The summed E-state index contributed by atoms with van der Waals surface area (Å²) in [6.45, 7) is 3.10. The predicted octanol–water partition coefficient (Wildman–Crippen LogP) is 3.47. The third-order valence-corrected chi connectivity index (χ3v) is 5.03. The molecule has 2 aromatic carbocycles. The molecule has 0 fully saturated rings. The quantitative estimate of drug-likeness (QED) is 0.759. The third kappa shape index (κ3) is 3.14. The predicted molar refractivity (Wildman–Crippen MR) is 107 cm³/mol. The molecule has 0 atom stereocenters. The first kappa shape index (κ1) is 16.9. The van der Waals surface area contributed by atoms with Gasteiger partial charge in [-0.2, -0.15) is 0 Å². The Kier molecular flexibility index (Phi) is 4.78. The molecule has 4 nitrogen and oxygen atoms in total. The highest BCUT2D eigenvalue weighted by atomic mass is 16.5. The number of methoxy groups -OCH3 is 1. The zero-order chi connectivity index (χ0) is 17.9. The molecule has 0 saturated heterocycles. The summed E-state index contributed by atoms with van der Waals surface area (Å²) in [6.07, 6.45) is 4.77. The Morgan fingerprint density at radius 3 is 2.92 bits per heavy atom. The number of aliphatic hydroxyl groups excluding tert-OH is 1. The van der Waals surface area contributed by atoms with E-state index < -0.39 is 0 Å². The van der Waals surface area contributed by atoms with E-state index in [4.69, 9.17) is 9.84 Å². The number of hydrogen-bond acceptors (Lipinski definition) is 3. The SMILES string of the molecule is COc1ccc(-c2ccc3c(c2)cc2n3CCNCC2)c(/C=C/CO)c1. The van der Waals surface area contributed by atoms with Crippen molar-refractivity contribution >= 4 is 17.0 Å². The normalized spacial score (nSPS) is 14.5. The zero-order valence-corrected chi connectivity index (χ0v) is 15.0. The van der Waals surface area contributed by atoms with E-state index in [0.29, 0.717) is 0 Å². The number of hydrogen-bond donors (Lipinski definition) is 2. The first-order valence-corrected chi connectivity index (χ1v) is 9.09. The fourth-order valence-electron chi connectivity index (χ4n) is 3.75. The number of aromatic nitrogens is 1. The van der Waals surface area contributed by atoms with Crippen molar-refractivity contribution in [3.63, 3.8) is 0 Å². The Balaban J connectivity index is 1.80. The standard InChI is InChI=1S/C22H24N2O2/c1-26-20-5-6-21(16(15-20)3-2-12-25)17-4-7-22-18(13-17)14-19-8-9-23-10-11-24(19)22/h2-7,13-15,23,25H,8-12H2,1H3/b3-2+. The van der Waals surface area contributed by atoms with Gasteiger partial charge in [0, 0.05) is 42.7 Å². The Bertz CT molecular complexity index is 956. The van der Waals surface area contributed by atoms with Gasteiger partial charge in [0.2, 0.25) is 0 Å². The molecule has 2 N–H and O–H groups in total. The zero-order valence-electron chi connectivity index (χ0n) is 15.0. The molecule has 0 spiro atoms. The average molecular weight is 348 g/mol. The maximum atomic E-state index is 9.15. The average Bonchev–Trinajstić information content (AvgIpc) is 2.85. The molecule has 3 aromatic rings. The van der Waals surface area contributed by atoms with Crippen molar-refractivity contribution in [2.75, 3.05) is 26.8 Å². The van der Waals surface area contributed by atoms with E-state index in [1.165, 1.54) is 22.2 Å². The van der Waals surface area contributed by atoms with Crippen LogP contribution in [-0.2, 0) is 13.0 Å². The van der Waals surface area contributed by atoms with Gasteiger partial charge in [-0.1, -0.05) is 24.3 Å². The molecule has 2 heterocycles. The fourth-order valence-corrected chi connectivity index (χ4v) is 3.75. The van der Waals surface area contributed by atoms with Gasteiger partial charge in [0.1, 0.15) is 5.75 Å². The summed E-state index contributed by atoms with van der Waals surface area (Å²) in [5.41, 5.74) is 6.06. The van der Waals surface area contributed by atoms with E-state index in [0.717, 1.165) is 42.9 Å². The molecule has 4 heteroatoms. The summed E-state index contributed by atoms with van der Waals surface area (Å²) in [5.74, 6) is 0.815. The van der Waals surface area contributed by atoms with Crippen molar-refractivity contribution in [2.24, 2.45) is 0 Å². The van der Waals surface area contributed by atoms with Crippen LogP contribution in [0.4, 0.5) is 0 Å². The first-order valence-electron chi connectivity index (χ1n) is 9.09. The highest BCUT2D eigenvalue weighted by Gasteiger charge is 2.13. The number of aliphatic hydroxyl groups is 1. The number of nitrogens with zero attached hydrogens (tertiary/aromatic N) is 1. The molecule has 4 rings (SSSR count). The Labute approximate surface area is 153 Å². The fraction of sp³-hybridized carbons (Fsp3) is 0.273. The van der Waals surface area contributed by atoms with Crippen molar-refractivity contribution in [3.05, 3.63) is 59.8 Å². The van der Waals surface area contributed by atoms with E-state index in [9.17, 15) is 0 Å². The molecule has 0 saturated carbocycles. The van der Waals surface area contributed by atoms with Gasteiger partial charge < -0.3 is 19.7 Å². The number of nitrogens with one attached hydrogen (secondary N) is 1. The van der Waals surface area contributed by atoms with E-state index in [1.54, 1.807) is 13.2 Å². The number of fused-ring (bicyclic) bond motifs is 3. The van der Waals surface area contributed by atoms with Crippen LogP contribution < -0.4 is 10.1 Å². The van der Waals surface area contributed by atoms with Gasteiger partial charge in [-0.05, 0) is 47.0 Å². The number of rotatable bonds is 4. The van der Waals surface area contributed by atoms with Crippen molar-refractivity contribution in [3.8, 4) is 16.9 Å². The molecule has 0 unspecified atom stereocenters. The minimum Gasteiger partial charge on any atom is -0.497 e. The lowest BCUT2D eigenvalue weighted by Gasteiger charge is -2.10. The van der Waals surface area contributed by atoms with Gasteiger partial charge in [-0.3, -0.25) is 0 Å². The van der Waals surface area contributed by atoms with Crippen molar-refractivity contribution in [2.45, 2.75) is 13.0 Å². The highest BCUT2D eigenvalue weighted by Crippen LogP contribution is 2.32. The number of benzene rings is 2. The van der Waals surface area contributed by atoms with Gasteiger partial charge >= 0.3 is 0 Å². The molecule has 0 radical (unpaired) electrons. The molecule has 1 aliphatic rings. The van der Waals surface area contributed by atoms with Crippen LogP contribution in [0.2, 0.25) is 0 Å². The van der Waals surface area contributed by atoms with Gasteiger partial charge in [0.25, 0.3) is 0 Å². The van der Waals surface area contributed by atoms with Crippen LogP contribution >= 0.6 is 0 Å². The van der Waals surface area contributed by atoms with Gasteiger partial charge in [0.15, 0.2) is 0 Å². The van der Waals surface area contributed by atoms with E-state index in [2.05, 4.69) is 40.2 Å². The highest BCUT2D eigenvalue weighted by molar-refractivity contribution is 5.88. The maximum Gasteiger partial charge on any atom is 0.119 e. The van der Waals surface area contributed by atoms with E-state index in [-0.39, 0.29) is 6.61 Å². The van der Waals surface area contributed by atoms with Crippen LogP contribution in [0.5, 0.6) is 5.75 Å². The molecule has 134 valence electrons. The lowest BCUT2D eigenvalue weighted by molar-refractivity contribution is 0.343. The monoisotopic (exact) mass is 348 g/mol. The molecular weight excluding hydrogens is 324 g/mol. The number of ether oxygens (including phenoxy) is 1. The first-order chi connectivity index (χ1) is 12.8. The van der Waals surface area contributed by atoms with E-state index >= 15 is 0 Å². The van der Waals surface area contributed by atoms with Crippen LogP contribution in [0.15, 0.2) is 48.5 Å². The van der Waals surface area contributed by atoms with Gasteiger partial charge in [0.05, 0.1) is 13.7 Å². The molecule has 1 aliphatic heterocycles. The molecule has 0 bridgehead atoms. The second-order valence-corrected chi connectivity index (χ2v) is 6.60. The van der Waals surface area contributed by atoms with Gasteiger partial charge in [-0.25, -0.2) is 0 Å². The summed E-state index contributed by atoms with van der Waals surface area (Å²) in [5, 5.41) is 13.9. The van der Waals surface area contributed by atoms with Gasteiger partial charge in [-0.15, -0.1) is 0 Å². The Hall–Kier alpha value is -2.56. The summed E-state index contributed by atoms with van der Waals surface area (Å²) in [4.78, 5) is 0. The second kappa shape index (κ2) is 7.36. The van der Waals surface area contributed by atoms with E-state index in [1.807, 2.05) is 18.2 Å². The topological polar surface area (TPSA) is 46.4 Å². The smallest absolute Gasteiger partial charge is 0.119 e. The van der Waals surface area contributed by atoms with Crippen molar-refractivity contribution in [1.29, 1.82) is 0 Å². The van der Waals surface area contributed by atoms with Crippen LogP contribution in [-0.4, -0.2) is 36.5 Å². The third-order valence-electron chi connectivity index (χ3n) is 5.03. The largest absolute Gasteiger partial charge is 0.497 e. The molecule has 26 heavy (non-hydrogen) atoms. The minimum atomic E-state index is 0.0237. The lowest BCUT2D eigenvalue weighted by Crippen LogP contribution is -2.17. The lowest BCUT2D eigenvalue weighted by atomic mass is 9.98. The minimum absolute atomic E-state index is 0.0237.